The third-order valence-electron chi connectivity index (χ3n) is 3.17. The van der Waals surface area contributed by atoms with Crippen LogP contribution in [0.2, 0.25) is 0 Å². The Kier molecular flexibility index (Phi) is 1.27. The van der Waals surface area contributed by atoms with Crippen molar-refractivity contribution in [3.63, 3.8) is 0 Å². The molecule has 0 aromatic carbocycles. The highest BCUT2D eigenvalue weighted by Gasteiger charge is 2.35. The Morgan fingerprint density at radius 2 is 2.42 bits per heavy atom. The van der Waals surface area contributed by atoms with Gasteiger partial charge in [0.05, 0.1) is 0 Å². The summed E-state index contributed by atoms with van der Waals surface area (Å²) in [5.41, 5.74) is 3.02. The summed E-state index contributed by atoms with van der Waals surface area (Å²) in [4.78, 5) is 4.19. The van der Waals surface area contributed by atoms with Crippen molar-refractivity contribution in [2.45, 2.75) is 12.3 Å². The molecule has 1 aromatic rings. The maximum Gasteiger partial charge on any atom is 0.0306 e. The predicted molar refractivity (Wildman–Crippen MR) is 47.0 cm³/mol. The van der Waals surface area contributed by atoms with Gasteiger partial charge in [0.25, 0.3) is 0 Å². The minimum atomic E-state index is 0.758. The summed E-state index contributed by atoms with van der Waals surface area (Å²) < 4.78 is 0. The number of fused-ring (bicyclic) bond motifs is 3. The van der Waals surface area contributed by atoms with Gasteiger partial charge in [0.1, 0.15) is 0 Å². The third kappa shape index (κ3) is 0.758. The van der Waals surface area contributed by atoms with E-state index in [9.17, 15) is 0 Å². The zero-order valence-corrected chi connectivity index (χ0v) is 6.96. The lowest BCUT2D eigenvalue weighted by Gasteiger charge is -2.06. The van der Waals surface area contributed by atoms with Crippen molar-refractivity contribution in [2.75, 3.05) is 13.1 Å². The van der Waals surface area contributed by atoms with Crippen molar-refractivity contribution in [3.05, 3.63) is 29.6 Å². The minimum absolute atomic E-state index is 0.758. The van der Waals surface area contributed by atoms with E-state index in [0.717, 1.165) is 18.4 Å². The topological polar surface area (TPSA) is 24.9 Å². The average Bonchev–Trinajstić information content (AvgIpc) is 2.62. The second-order valence-electron chi connectivity index (χ2n) is 3.80. The lowest BCUT2D eigenvalue weighted by Crippen LogP contribution is -2.10. The summed E-state index contributed by atoms with van der Waals surface area (Å²) in [5, 5.41) is 3.44. The summed E-state index contributed by atoms with van der Waals surface area (Å²) in [6.07, 6.45) is 5.22. The Hall–Kier alpha value is -0.890. The van der Waals surface area contributed by atoms with Crippen LogP contribution in [0.5, 0.6) is 0 Å². The fraction of sp³-hybridized carbons (Fsp3) is 0.500. The van der Waals surface area contributed by atoms with Crippen LogP contribution >= 0.6 is 0 Å². The molecule has 2 unspecified atom stereocenters. The quantitative estimate of drug-likeness (QED) is 0.611. The normalized spacial score (nSPS) is 31.7. The van der Waals surface area contributed by atoms with Gasteiger partial charge in [-0.15, -0.1) is 0 Å². The van der Waals surface area contributed by atoms with E-state index in [1.165, 1.54) is 24.1 Å². The van der Waals surface area contributed by atoms with Crippen molar-refractivity contribution in [3.8, 4) is 0 Å². The standard InChI is InChI=1S/C10H12N2/c1-2-11-5-9-7(1)3-8-4-12-6-10(8)9/h1-2,5,8,10,12H,3-4,6H2. The Morgan fingerprint density at radius 3 is 3.42 bits per heavy atom. The number of pyridine rings is 1. The molecule has 3 rings (SSSR count). The molecule has 1 aliphatic carbocycles. The fourth-order valence-corrected chi connectivity index (χ4v) is 2.55. The van der Waals surface area contributed by atoms with E-state index in [2.05, 4.69) is 16.4 Å². The molecule has 12 heavy (non-hydrogen) atoms. The van der Waals surface area contributed by atoms with Crippen LogP contribution in [-0.4, -0.2) is 18.1 Å². The SMILES string of the molecule is c1cc2c(cn1)C1CNCC1C2. The number of hydrogen-bond donors (Lipinski definition) is 1. The van der Waals surface area contributed by atoms with Crippen molar-refractivity contribution in [1.29, 1.82) is 0 Å². The molecule has 2 heteroatoms. The molecule has 1 aromatic heterocycles. The third-order valence-corrected chi connectivity index (χ3v) is 3.17. The predicted octanol–water partition coefficient (Wildman–Crippen LogP) is 0.941. The second kappa shape index (κ2) is 2.30. The number of rotatable bonds is 0. The molecule has 0 bridgehead atoms. The summed E-state index contributed by atoms with van der Waals surface area (Å²) >= 11 is 0. The van der Waals surface area contributed by atoms with Crippen molar-refractivity contribution < 1.29 is 0 Å². The summed E-state index contributed by atoms with van der Waals surface area (Å²) in [6.45, 7) is 2.35. The number of aromatic nitrogens is 1. The molecule has 1 N–H and O–H groups in total. The van der Waals surface area contributed by atoms with Crippen molar-refractivity contribution in [1.82, 2.24) is 10.3 Å². The monoisotopic (exact) mass is 160 g/mol. The second-order valence-corrected chi connectivity index (χ2v) is 3.80. The van der Waals surface area contributed by atoms with Gasteiger partial charge in [-0.1, -0.05) is 0 Å². The maximum absolute atomic E-state index is 4.19. The van der Waals surface area contributed by atoms with E-state index in [4.69, 9.17) is 0 Å². The first-order valence-corrected chi connectivity index (χ1v) is 4.58. The molecule has 0 saturated carbocycles. The highest BCUT2D eigenvalue weighted by atomic mass is 14.9. The Bertz CT molecular complexity index is 308. The van der Waals surface area contributed by atoms with E-state index in [1.807, 2.05) is 12.4 Å². The van der Waals surface area contributed by atoms with Gasteiger partial charge in [0.2, 0.25) is 0 Å². The number of nitrogens with zero attached hydrogens (tertiary/aromatic N) is 1. The van der Waals surface area contributed by atoms with Gasteiger partial charge in [-0.25, -0.2) is 0 Å². The highest BCUT2D eigenvalue weighted by Crippen LogP contribution is 2.39. The van der Waals surface area contributed by atoms with E-state index in [-0.39, 0.29) is 0 Å². The molecular formula is C10H12N2. The van der Waals surface area contributed by atoms with E-state index in [0.29, 0.717) is 0 Å². The minimum Gasteiger partial charge on any atom is -0.316 e. The first-order valence-electron chi connectivity index (χ1n) is 4.58. The lowest BCUT2D eigenvalue weighted by atomic mass is 9.97. The highest BCUT2D eigenvalue weighted by molar-refractivity contribution is 5.35. The molecule has 1 saturated heterocycles. The van der Waals surface area contributed by atoms with E-state index in [1.54, 1.807) is 0 Å². The molecule has 1 aliphatic heterocycles. The molecule has 62 valence electrons. The molecule has 0 spiro atoms. The molecule has 0 radical (unpaired) electrons. The van der Waals surface area contributed by atoms with Crippen LogP contribution < -0.4 is 5.32 Å². The van der Waals surface area contributed by atoms with Gasteiger partial charge in [-0.2, -0.15) is 0 Å². The van der Waals surface area contributed by atoms with Crippen molar-refractivity contribution in [2.24, 2.45) is 5.92 Å². The van der Waals surface area contributed by atoms with Gasteiger partial charge in [0, 0.05) is 24.9 Å². The van der Waals surface area contributed by atoms with Crippen LogP contribution in [0.4, 0.5) is 0 Å². The number of hydrogen-bond acceptors (Lipinski definition) is 2. The smallest absolute Gasteiger partial charge is 0.0306 e. The molecule has 0 amide bonds. The van der Waals surface area contributed by atoms with Crippen LogP contribution in [0.1, 0.15) is 17.0 Å². The number of nitrogens with one attached hydrogen (secondary N) is 1. The summed E-state index contributed by atoms with van der Waals surface area (Å²) in [7, 11) is 0. The molecule has 1 fully saturated rings. The zero-order valence-electron chi connectivity index (χ0n) is 6.96. The summed E-state index contributed by atoms with van der Waals surface area (Å²) in [6, 6.07) is 2.17. The Labute approximate surface area is 72.0 Å². The van der Waals surface area contributed by atoms with Crippen LogP contribution in [0.3, 0.4) is 0 Å². The molecule has 2 atom stereocenters. The van der Waals surface area contributed by atoms with E-state index >= 15 is 0 Å². The van der Waals surface area contributed by atoms with Crippen LogP contribution in [0, 0.1) is 5.92 Å². The van der Waals surface area contributed by atoms with Crippen LogP contribution in [0.15, 0.2) is 18.5 Å². The lowest BCUT2D eigenvalue weighted by molar-refractivity contribution is 0.564. The Morgan fingerprint density at radius 1 is 1.42 bits per heavy atom. The van der Waals surface area contributed by atoms with Gasteiger partial charge in [-0.05, 0) is 36.1 Å². The molecule has 2 heterocycles. The zero-order chi connectivity index (χ0) is 7.97. The molecule has 2 aliphatic rings. The van der Waals surface area contributed by atoms with Crippen molar-refractivity contribution >= 4 is 0 Å². The average molecular weight is 160 g/mol. The van der Waals surface area contributed by atoms with Gasteiger partial charge in [-0.3, -0.25) is 4.98 Å². The molecular weight excluding hydrogens is 148 g/mol. The first kappa shape index (κ1) is 6.61. The summed E-state index contributed by atoms with van der Waals surface area (Å²) in [5.74, 6) is 1.61. The van der Waals surface area contributed by atoms with Gasteiger partial charge in [0.15, 0.2) is 0 Å². The largest absolute Gasteiger partial charge is 0.316 e. The van der Waals surface area contributed by atoms with Gasteiger partial charge >= 0.3 is 0 Å². The van der Waals surface area contributed by atoms with Crippen LogP contribution in [0.25, 0.3) is 0 Å². The maximum atomic E-state index is 4.19. The van der Waals surface area contributed by atoms with Crippen LogP contribution in [-0.2, 0) is 6.42 Å². The Balaban J connectivity index is 2.09. The van der Waals surface area contributed by atoms with Gasteiger partial charge < -0.3 is 5.32 Å². The molecule has 2 nitrogen and oxygen atoms in total. The van der Waals surface area contributed by atoms with E-state index < -0.39 is 0 Å². The fourth-order valence-electron chi connectivity index (χ4n) is 2.55. The first-order chi connectivity index (χ1) is 5.95.